The lowest BCUT2D eigenvalue weighted by Crippen LogP contribution is -2.49. The van der Waals surface area contributed by atoms with Crippen molar-refractivity contribution < 1.29 is 17.9 Å². The normalized spacial score (nSPS) is 16.4. The van der Waals surface area contributed by atoms with Crippen molar-refractivity contribution >= 4 is 27.5 Å². The summed E-state index contributed by atoms with van der Waals surface area (Å²) in [4.78, 5) is 15.6. The largest absolute Gasteiger partial charge is 0.486 e. The van der Waals surface area contributed by atoms with Gasteiger partial charge in [0.25, 0.3) is 0 Å². The van der Waals surface area contributed by atoms with Gasteiger partial charge in [-0.1, -0.05) is 0 Å². The lowest BCUT2D eigenvalue weighted by Gasteiger charge is -2.35. The quantitative estimate of drug-likeness (QED) is 0.586. The van der Waals surface area contributed by atoms with Gasteiger partial charge >= 0.3 is 0 Å². The summed E-state index contributed by atoms with van der Waals surface area (Å²) in [7, 11) is -3.64. The highest BCUT2D eigenvalue weighted by atomic mass is 32.2. The molecular formula is C23H26N6O4S. The molecule has 2 aliphatic rings. The van der Waals surface area contributed by atoms with E-state index in [1.807, 2.05) is 32.0 Å². The van der Waals surface area contributed by atoms with E-state index in [1.165, 1.54) is 4.31 Å². The van der Waals surface area contributed by atoms with Crippen LogP contribution in [0.25, 0.3) is 0 Å². The summed E-state index contributed by atoms with van der Waals surface area (Å²) in [5, 5.41) is 3.23. The molecular weight excluding hydrogens is 456 g/mol. The topological polar surface area (TPSA) is 110 Å². The minimum absolute atomic E-state index is 0.209. The van der Waals surface area contributed by atoms with E-state index >= 15 is 0 Å². The van der Waals surface area contributed by atoms with Gasteiger partial charge in [0.1, 0.15) is 36.5 Å². The van der Waals surface area contributed by atoms with Crippen LogP contribution in [0.15, 0.2) is 47.5 Å². The maximum atomic E-state index is 13.2. The molecule has 0 atom stereocenters. The van der Waals surface area contributed by atoms with E-state index < -0.39 is 10.0 Å². The Morgan fingerprint density at radius 1 is 0.882 bits per heavy atom. The van der Waals surface area contributed by atoms with E-state index in [9.17, 15) is 8.42 Å². The van der Waals surface area contributed by atoms with Crippen LogP contribution < -0.4 is 19.7 Å². The van der Waals surface area contributed by atoms with Gasteiger partial charge in [-0.25, -0.2) is 23.4 Å². The van der Waals surface area contributed by atoms with Crippen LogP contribution in [0.4, 0.5) is 17.5 Å². The summed E-state index contributed by atoms with van der Waals surface area (Å²) in [6.45, 7) is 6.43. The molecule has 10 nitrogen and oxygen atoms in total. The number of nitrogens with zero attached hydrogens (tertiary/aromatic N) is 5. The fourth-order valence-corrected chi connectivity index (χ4v) is 5.44. The van der Waals surface area contributed by atoms with Crippen LogP contribution in [-0.4, -0.2) is 67.1 Å². The van der Waals surface area contributed by atoms with Crippen molar-refractivity contribution in [1.82, 2.24) is 19.3 Å². The summed E-state index contributed by atoms with van der Waals surface area (Å²) in [6, 6.07) is 10.5. The first-order chi connectivity index (χ1) is 16.4. The van der Waals surface area contributed by atoms with Crippen LogP contribution in [0.2, 0.25) is 0 Å². The van der Waals surface area contributed by atoms with Crippen LogP contribution in [0.3, 0.4) is 0 Å². The zero-order valence-corrected chi connectivity index (χ0v) is 19.9. The second-order valence-corrected chi connectivity index (χ2v) is 10.1. The molecule has 0 radical (unpaired) electrons. The Labute approximate surface area is 198 Å². The van der Waals surface area contributed by atoms with Crippen molar-refractivity contribution in [2.24, 2.45) is 0 Å². The molecule has 0 bridgehead atoms. The number of sulfonamides is 1. The smallest absolute Gasteiger partial charge is 0.243 e. The summed E-state index contributed by atoms with van der Waals surface area (Å²) in [5.41, 5.74) is 1.10. The predicted octanol–water partition coefficient (Wildman–Crippen LogP) is 2.51. The molecule has 0 spiro atoms. The van der Waals surface area contributed by atoms with Crippen molar-refractivity contribution in [3.8, 4) is 11.5 Å². The third kappa shape index (κ3) is 4.62. The van der Waals surface area contributed by atoms with E-state index in [0.717, 1.165) is 11.4 Å². The van der Waals surface area contributed by atoms with Gasteiger partial charge < -0.3 is 19.7 Å². The monoisotopic (exact) mass is 482 g/mol. The molecule has 0 saturated carbocycles. The Balaban J connectivity index is 1.29. The first kappa shape index (κ1) is 22.4. The van der Waals surface area contributed by atoms with E-state index in [1.54, 1.807) is 24.4 Å². The molecule has 3 aromatic rings. The zero-order valence-electron chi connectivity index (χ0n) is 19.1. The average Bonchev–Trinajstić information content (AvgIpc) is 2.83. The number of pyridine rings is 1. The van der Waals surface area contributed by atoms with Gasteiger partial charge in [-0.05, 0) is 43.7 Å². The molecule has 0 unspecified atom stereocenters. The molecule has 0 aliphatic carbocycles. The number of piperazine rings is 1. The summed E-state index contributed by atoms with van der Waals surface area (Å²) in [6.07, 6.45) is 1.74. The van der Waals surface area contributed by atoms with Crippen molar-refractivity contribution in [2.75, 3.05) is 49.6 Å². The minimum atomic E-state index is -3.64. The highest BCUT2D eigenvalue weighted by molar-refractivity contribution is 7.89. The molecule has 4 heterocycles. The molecule has 1 N–H and O–H groups in total. The van der Waals surface area contributed by atoms with Gasteiger partial charge in [0.05, 0.1) is 4.90 Å². The number of anilines is 3. The molecule has 2 aliphatic heterocycles. The number of benzene rings is 1. The fraction of sp³-hybridized carbons (Fsp3) is 0.348. The lowest BCUT2D eigenvalue weighted by molar-refractivity contribution is 0.171. The highest BCUT2D eigenvalue weighted by Crippen LogP contribution is 2.33. The zero-order chi connectivity index (χ0) is 23.7. The molecule has 5 rings (SSSR count). The van der Waals surface area contributed by atoms with Gasteiger partial charge in [-0.2, -0.15) is 4.31 Å². The molecule has 11 heteroatoms. The van der Waals surface area contributed by atoms with Crippen LogP contribution in [0.1, 0.15) is 11.4 Å². The Bertz CT molecular complexity index is 1310. The van der Waals surface area contributed by atoms with Crippen molar-refractivity contribution in [2.45, 2.75) is 18.7 Å². The number of fused-ring (bicyclic) bond motifs is 1. The van der Waals surface area contributed by atoms with Gasteiger partial charge in [-0.15, -0.1) is 0 Å². The summed E-state index contributed by atoms with van der Waals surface area (Å²) < 4.78 is 39.0. The Kier molecular flexibility index (Phi) is 5.96. The number of hydrogen-bond donors (Lipinski definition) is 1. The third-order valence-corrected chi connectivity index (χ3v) is 7.60. The first-order valence-electron chi connectivity index (χ1n) is 11.1. The molecule has 178 valence electrons. The molecule has 1 saturated heterocycles. The maximum absolute atomic E-state index is 13.2. The van der Waals surface area contributed by atoms with Crippen LogP contribution in [-0.2, 0) is 10.0 Å². The van der Waals surface area contributed by atoms with Crippen molar-refractivity contribution in [1.29, 1.82) is 0 Å². The Morgan fingerprint density at radius 2 is 1.65 bits per heavy atom. The number of nitrogens with one attached hydrogen (secondary N) is 1. The van der Waals surface area contributed by atoms with Gasteiger partial charge in [0, 0.05) is 44.5 Å². The molecule has 2 aromatic heterocycles. The Morgan fingerprint density at radius 3 is 2.41 bits per heavy atom. The predicted molar refractivity (Wildman–Crippen MR) is 127 cm³/mol. The molecule has 1 aromatic carbocycles. The van der Waals surface area contributed by atoms with Gasteiger partial charge in [-0.3, -0.25) is 0 Å². The summed E-state index contributed by atoms with van der Waals surface area (Å²) >= 11 is 0. The minimum Gasteiger partial charge on any atom is -0.486 e. The van der Waals surface area contributed by atoms with E-state index in [-0.39, 0.29) is 4.90 Å². The second-order valence-electron chi connectivity index (χ2n) is 8.20. The fourth-order valence-electron chi connectivity index (χ4n) is 4.00. The number of rotatable bonds is 5. The molecule has 0 amide bonds. The van der Waals surface area contributed by atoms with Gasteiger partial charge in [0.2, 0.25) is 10.0 Å². The SMILES string of the molecule is Cc1ccnc(Nc2cc(N3CCN(S(=O)(=O)c4ccc5c(c4)OCCO5)CC3)nc(C)n2)c1. The van der Waals surface area contributed by atoms with Crippen LogP contribution in [0, 0.1) is 13.8 Å². The molecule has 1 fully saturated rings. The van der Waals surface area contributed by atoms with Gasteiger partial charge in [0.15, 0.2) is 11.5 Å². The number of ether oxygens (including phenoxy) is 2. The van der Waals surface area contributed by atoms with Crippen LogP contribution >= 0.6 is 0 Å². The third-order valence-electron chi connectivity index (χ3n) is 5.71. The van der Waals surface area contributed by atoms with Crippen molar-refractivity contribution in [3.05, 3.63) is 54.0 Å². The van der Waals surface area contributed by atoms with E-state index in [0.29, 0.717) is 68.4 Å². The molecule has 34 heavy (non-hydrogen) atoms. The summed E-state index contributed by atoms with van der Waals surface area (Å²) in [5.74, 6) is 3.76. The maximum Gasteiger partial charge on any atom is 0.243 e. The highest BCUT2D eigenvalue weighted by Gasteiger charge is 2.30. The number of aromatic nitrogens is 3. The first-order valence-corrected chi connectivity index (χ1v) is 12.5. The second kappa shape index (κ2) is 9.07. The number of aryl methyl sites for hydroxylation is 2. The standard InChI is InChI=1S/C23H26N6O4S/c1-16-5-6-24-21(13-16)27-22-15-23(26-17(2)25-22)28-7-9-29(10-8-28)34(30,31)18-3-4-19-20(14-18)33-12-11-32-19/h3-6,13-15H,7-12H2,1-2H3,(H,24,25,26,27). The van der Waals surface area contributed by atoms with Crippen LogP contribution in [0.5, 0.6) is 11.5 Å². The Hall–Kier alpha value is -3.44. The number of hydrogen-bond acceptors (Lipinski definition) is 9. The van der Waals surface area contributed by atoms with E-state index in [4.69, 9.17) is 9.47 Å². The van der Waals surface area contributed by atoms with E-state index in [2.05, 4.69) is 25.2 Å². The average molecular weight is 483 g/mol. The lowest BCUT2D eigenvalue weighted by atomic mass is 10.3. The van der Waals surface area contributed by atoms with Crippen molar-refractivity contribution in [3.63, 3.8) is 0 Å².